The van der Waals surface area contributed by atoms with Crippen LogP contribution in [-0.4, -0.2) is 53.3 Å². The minimum atomic E-state index is -0.230. The van der Waals surface area contributed by atoms with E-state index in [-0.39, 0.29) is 11.9 Å². The summed E-state index contributed by atoms with van der Waals surface area (Å²) in [4.78, 5) is 8.41. The molecule has 3 rings (SSSR count). The Balaban J connectivity index is 1.56. The van der Waals surface area contributed by atoms with Crippen molar-refractivity contribution in [2.45, 2.75) is 37.8 Å². The summed E-state index contributed by atoms with van der Waals surface area (Å²) >= 11 is 0. The van der Waals surface area contributed by atoms with E-state index in [1.807, 2.05) is 0 Å². The van der Waals surface area contributed by atoms with Gasteiger partial charge in [-0.15, -0.1) is 0 Å². The topological polar surface area (TPSA) is 39.6 Å². The molecule has 0 amide bonds. The van der Waals surface area contributed by atoms with Crippen LogP contribution in [-0.2, 0) is 0 Å². The monoisotopic (exact) mass is 279 g/mol. The maximum absolute atomic E-state index is 13.7. The summed E-state index contributed by atoms with van der Waals surface area (Å²) in [5.41, 5.74) is 0.674. The van der Waals surface area contributed by atoms with E-state index in [4.69, 9.17) is 0 Å². The quantitative estimate of drug-likeness (QED) is 0.893. The highest BCUT2D eigenvalue weighted by atomic mass is 19.1. The lowest BCUT2D eigenvalue weighted by Gasteiger charge is -2.41. The second-order valence-electron chi connectivity index (χ2n) is 5.81. The van der Waals surface area contributed by atoms with E-state index < -0.39 is 0 Å². The van der Waals surface area contributed by atoms with E-state index >= 15 is 0 Å². The predicted molar refractivity (Wildman–Crippen MR) is 76.2 cm³/mol. The summed E-state index contributed by atoms with van der Waals surface area (Å²) in [5.74, 6) is -0.230. The van der Waals surface area contributed by atoms with Crippen molar-refractivity contribution in [3.63, 3.8) is 0 Å². The van der Waals surface area contributed by atoms with Crippen LogP contribution in [0.4, 0.5) is 10.1 Å². The van der Waals surface area contributed by atoms with Crippen LogP contribution in [0.3, 0.4) is 0 Å². The van der Waals surface area contributed by atoms with Gasteiger partial charge in [-0.05, 0) is 31.7 Å². The van der Waals surface area contributed by atoms with Crippen LogP contribution < -0.4 is 4.90 Å². The zero-order valence-corrected chi connectivity index (χ0v) is 11.7. The lowest BCUT2D eigenvalue weighted by molar-refractivity contribution is 0.0542. The number of aliphatic hydroxyl groups excluding tert-OH is 1. The highest BCUT2D eigenvalue weighted by Crippen LogP contribution is 2.25. The van der Waals surface area contributed by atoms with Crippen molar-refractivity contribution in [1.29, 1.82) is 0 Å². The van der Waals surface area contributed by atoms with Crippen molar-refractivity contribution in [2.24, 2.45) is 0 Å². The van der Waals surface area contributed by atoms with Gasteiger partial charge in [-0.1, -0.05) is 0 Å². The van der Waals surface area contributed by atoms with Crippen LogP contribution >= 0.6 is 0 Å². The van der Waals surface area contributed by atoms with Gasteiger partial charge in [0, 0.05) is 38.4 Å². The number of rotatable bonds is 2. The summed E-state index contributed by atoms with van der Waals surface area (Å²) in [5, 5.41) is 9.56. The van der Waals surface area contributed by atoms with Gasteiger partial charge in [0.2, 0.25) is 0 Å². The number of aliphatic hydroxyl groups is 1. The molecule has 0 atom stereocenters. The molecule has 0 spiro atoms. The average molecular weight is 279 g/mol. The number of hydrogen-bond acceptors (Lipinski definition) is 4. The summed E-state index contributed by atoms with van der Waals surface area (Å²) in [6, 6.07) is 2.34. The Labute approximate surface area is 119 Å². The van der Waals surface area contributed by atoms with Crippen LogP contribution in [0.25, 0.3) is 0 Å². The highest BCUT2D eigenvalue weighted by Gasteiger charge is 2.28. The van der Waals surface area contributed by atoms with Gasteiger partial charge >= 0.3 is 0 Å². The molecule has 5 heteroatoms. The van der Waals surface area contributed by atoms with Gasteiger partial charge in [-0.2, -0.15) is 0 Å². The Morgan fingerprint density at radius 3 is 2.45 bits per heavy atom. The molecule has 0 aromatic carbocycles. The van der Waals surface area contributed by atoms with Crippen molar-refractivity contribution >= 4 is 5.69 Å². The fourth-order valence-electron chi connectivity index (χ4n) is 3.35. The normalized spacial score (nSPS) is 23.2. The summed E-state index contributed by atoms with van der Waals surface area (Å²) in [6.45, 7) is 3.78. The van der Waals surface area contributed by atoms with Gasteiger partial charge in [-0.25, -0.2) is 4.39 Å². The van der Waals surface area contributed by atoms with Gasteiger partial charge in [0.05, 0.1) is 18.0 Å². The third-order valence-electron chi connectivity index (χ3n) is 4.57. The molecular weight excluding hydrogens is 257 g/mol. The van der Waals surface area contributed by atoms with E-state index in [0.717, 1.165) is 51.9 Å². The minimum Gasteiger partial charge on any atom is -0.393 e. The van der Waals surface area contributed by atoms with E-state index in [1.54, 1.807) is 12.3 Å². The number of nitrogens with zero attached hydrogens (tertiary/aromatic N) is 3. The molecule has 2 aliphatic heterocycles. The van der Waals surface area contributed by atoms with Crippen molar-refractivity contribution in [3.05, 3.63) is 24.3 Å². The zero-order chi connectivity index (χ0) is 13.9. The fourth-order valence-corrected chi connectivity index (χ4v) is 3.35. The number of piperidine rings is 2. The lowest BCUT2D eigenvalue weighted by atomic mass is 9.98. The van der Waals surface area contributed by atoms with Crippen LogP contribution in [0.2, 0.25) is 0 Å². The molecular formula is C15H22FN3O. The van der Waals surface area contributed by atoms with Gasteiger partial charge in [0.25, 0.3) is 0 Å². The van der Waals surface area contributed by atoms with Gasteiger partial charge in [-0.3, -0.25) is 4.98 Å². The first-order chi connectivity index (χ1) is 9.74. The Kier molecular flexibility index (Phi) is 4.17. The molecule has 0 aliphatic carbocycles. The van der Waals surface area contributed by atoms with E-state index in [0.29, 0.717) is 11.7 Å². The number of halogens is 1. The van der Waals surface area contributed by atoms with Crippen LogP contribution in [0, 0.1) is 5.82 Å². The Bertz CT molecular complexity index is 440. The molecule has 110 valence electrons. The van der Waals surface area contributed by atoms with Crippen LogP contribution in [0.1, 0.15) is 25.7 Å². The van der Waals surface area contributed by atoms with Gasteiger partial charge < -0.3 is 14.9 Å². The third-order valence-corrected chi connectivity index (χ3v) is 4.57. The zero-order valence-electron chi connectivity index (χ0n) is 11.7. The average Bonchev–Trinajstić information content (AvgIpc) is 2.49. The maximum Gasteiger partial charge on any atom is 0.164 e. The molecule has 0 saturated carbocycles. The second kappa shape index (κ2) is 6.06. The number of likely N-dealkylation sites (tertiary alicyclic amines) is 1. The number of hydrogen-bond donors (Lipinski definition) is 1. The summed E-state index contributed by atoms with van der Waals surface area (Å²) in [7, 11) is 0. The smallest absolute Gasteiger partial charge is 0.164 e. The van der Waals surface area contributed by atoms with Gasteiger partial charge in [0.15, 0.2) is 5.82 Å². The third kappa shape index (κ3) is 2.94. The Morgan fingerprint density at radius 1 is 1.10 bits per heavy atom. The van der Waals surface area contributed by atoms with Crippen molar-refractivity contribution in [1.82, 2.24) is 9.88 Å². The van der Waals surface area contributed by atoms with E-state index in [9.17, 15) is 9.50 Å². The molecule has 20 heavy (non-hydrogen) atoms. The Morgan fingerprint density at radius 2 is 1.80 bits per heavy atom. The first kappa shape index (κ1) is 13.8. The SMILES string of the molecule is OC1CCN(C2CCN(c3ccncc3F)CC2)CC1. The molecule has 4 nitrogen and oxygen atoms in total. The van der Waals surface area contributed by atoms with E-state index in [2.05, 4.69) is 14.8 Å². The molecule has 2 saturated heterocycles. The minimum absolute atomic E-state index is 0.114. The first-order valence-corrected chi connectivity index (χ1v) is 7.50. The lowest BCUT2D eigenvalue weighted by Crippen LogP contribution is -2.48. The summed E-state index contributed by atoms with van der Waals surface area (Å²) in [6.07, 6.45) is 6.73. The molecule has 2 aliphatic rings. The first-order valence-electron chi connectivity index (χ1n) is 7.50. The standard InChI is InChI=1S/C15H22FN3O/c16-14-11-17-6-1-15(14)19-7-2-12(3-8-19)18-9-4-13(20)5-10-18/h1,6,11-13,20H,2-5,7-10H2. The van der Waals surface area contributed by atoms with E-state index in [1.165, 1.54) is 6.20 Å². The van der Waals surface area contributed by atoms with Crippen molar-refractivity contribution in [2.75, 3.05) is 31.1 Å². The second-order valence-corrected chi connectivity index (χ2v) is 5.81. The highest BCUT2D eigenvalue weighted by molar-refractivity contribution is 5.46. The molecule has 0 unspecified atom stereocenters. The molecule has 1 aromatic rings. The molecule has 0 radical (unpaired) electrons. The number of aromatic nitrogens is 1. The molecule has 0 bridgehead atoms. The predicted octanol–water partition coefficient (Wildman–Crippen LogP) is 1.65. The largest absolute Gasteiger partial charge is 0.393 e. The van der Waals surface area contributed by atoms with Crippen molar-refractivity contribution in [3.8, 4) is 0 Å². The van der Waals surface area contributed by atoms with Crippen LogP contribution in [0.15, 0.2) is 18.5 Å². The molecule has 1 N–H and O–H groups in total. The molecule has 1 aromatic heterocycles. The van der Waals surface area contributed by atoms with Crippen LogP contribution in [0.5, 0.6) is 0 Å². The fraction of sp³-hybridized carbons (Fsp3) is 0.667. The number of anilines is 1. The van der Waals surface area contributed by atoms with Crippen molar-refractivity contribution < 1.29 is 9.50 Å². The summed E-state index contributed by atoms with van der Waals surface area (Å²) < 4.78 is 13.7. The maximum atomic E-state index is 13.7. The molecule has 3 heterocycles. The molecule has 2 fully saturated rings. The Hall–Kier alpha value is -1.20. The number of pyridine rings is 1. The van der Waals surface area contributed by atoms with Gasteiger partial charge in [0.1, 0.15) is 0 Å².